The van der Waals surface area contributed by atoms with Crippen molar-refractivity contribution in [1.82, 2.24) is 0 Å². The lowest BCUT2D eigenvalue weighted by Gasteiger charge is -2.42. The fraction of sp³-hybridized carbons (Fsp3) is 0.545. The maximum absolute atomic E-state index is 13.5. The molecular formula is C33H41NO9. The number of rotatable bonds is 10. The van der Waals surface area contributed by atoms with E-state index in [0.29, 0.717) is 6.42 Å². The van der Waals surface area contributed by atoms with Crippen LogP contribution in [0.1, 0.15) is 121 Å². The van der Waals surface area contributed by atoms with Gasteiger partial charge in [-0.2, -0.15) is 0 Å². The van der Waals surface area contributed by atoms with Gasteiger partial charge < -0.3 is 35.6 Å². The van der Waals surface area contributed by atoms with Crippen molar-refractivity contribution in [2.45, 2.75) is 114 Å². The van der Waals surface area contributed by atoms with Gasteiger partial charge in [0.1, 0.15) is 17.1 Å². The highest BCUT2D eigenvalue weighted by molar-refractivity contribution is 6.30. The van der Waals surface area contributed by atoms with E-state index in [9.17, 15) is 34.8 Å². The minimum absolute atomic E-state index is 0.0183. The van der Waals surface area contributed by atoms with Gasteiger partial charge in [0.25, 0.3) is 0 Å². The molecule has 6 N–H and O–H groups in total. The van der Waals surface area contributed by atoms with Crippen molar-refractivity contribution in [3.05, 3.63) is 57.6 Å². The Morgan fingerprint density at radius 1 is 1.02 bits per heavy atom. The third kappa shape index (κ3) is 5.74. The second-order valence-electron chi connectivity index (χ2n) is 12.2. The highest BCUT2D eigenvalue weighted by Gasteiger charge is 2.49. The normalized spacial score (nSPS) is 28.3. The Balaban J connectivity index is 1.53. The number of ketones is 3. The molecule has 2 aromatic rings. The van der Waals surface area contributed by atoms with E-state index in [1.54, 1.807) is 19.1 Å². The van der Waals surface area contributed by atoms with E-state index in [0.717, 1.165) is 32.1 Å². The predicted octanol–water partition coefficient (Wildman–Crippen LogP) is 3.75. The predicted molar refractivity (Wildman–Crippen MR) is 156 cm³/mol. The number of ether oxygens (including phenoxy) is 2. The number of aliphatic hydroxyl groups excluding tert-OH is 1. The quantitative estimate of drug-likeness (QED) is 0.171. The molecule has 2 aromatic carbocycles. The molecule has 0 aromatic heterocycles. The van der Waals surface area contributed by atoms with E-state index in [4.69, 9.17) is 15.2 Å². The minimum Gasteiger partial charge on any atom is -0.507 e. The smallest absolute Gasteiger partial charge is 0.198 e. The first kappa shape index (κ1) is 31.3. The van der Waals surface area contributed by atoms with E-state index >= 15 is 0 Å². The number of Topliss-reactive ketones (excluding diaryl/α,β-unsaturated/α-hetero) is 1. The number of fused-ring (bicyclic) bond motifs is 3. The third-order valence-corrected chi connectivity index (χ3v) is 9.12. The number of phenolic OH excluding ortho intramolecular Hbond substituents is 2. The molecule has 6 atom stereocenters. The summed E-state index contributed by atoms with van der Waals surface area (Å²) in [6, 6.07) is 5.48. The number of hydrogen-bond acceptors (Lipinski definition) is 10. The average molecular weight is 596 g/mol. The topological polar surface area (TPSA) is 177 Å². The van der Waals surface area contributed by atoms with E-state index in [1.807, 2.05) is 0 Å². The molecule has 5 rings (SSSR count). The first-order valence-corrected chi connectivity index (χ1v) is 15.3. The van der Waals surface area contributed by atoms with Crippen molar-refractivity contribution in [2.75, 3.05) is 0 Å². The molecule has 10 nitrogen and oxygen atoms in total. The van der Waals surface area contributed by atoms with Crippen molar-refractivity contribution in [2.24, 2.45) is 5.73 Å². The van der Waals surface area contributed by atoms with Crippen LogP contribution in [-0.4, -0.2) is 67.9 Å². The number of unbranched alkanes of at least 4 members (excludes halogenated alkanes) is 5. The Morgan fingerprint density at radius 3 is 2.26 bits per heavy atom. The van der Waals surface area contributed by atoms with Gasteiger partial charge in [-0.05, 0) is 13.3 Å². The van der Waals surface area contributed by atoms with Crippen LogP contribution in [0, 0.1) is 0 Å². The molecule has 0 bridgehead atoms. The lowest BCUT2D eigenvalue weighted by Crippen LogP contribution is -2.52. The third-order valence-electron chi connectivity index (χ3n) is 9.12. The Kier molecular flexibility index (Phi) is 9.06. The van der Waals surface area contributed by atoms with Crippen molar-refractivity contribution >= 4 is 17.3 Å². The highest BCUT2D eigenvalue weighted by atomic mass is 16.7. The van der Waals surface area contributed by atoms with Crippen LogP contribution in [0.3, 0.4) is 0 Å². The van der Waals surface area contributed by atoms with Gasteiger partial charge in [-0.15, -0.1) is 0 Å². The van der Waals surface area contributed by atoms with Gasteiger partial charge in [0, 0.05) is 54.0 Å². The number of carbonyl (C=O) groups is 3. The Hall–Kier alpha value is -3.15. The zero-order chi connectivity index (χ0) is 31.1. The van der Waals surface area contributed by atoms with Crippen molar-refractivity contribution < 1.29 is 44.3 Å². The summed E-state index contributed by atoms with van der Waals surface area (Å²) in [5.74, 6) is -2.82. The molecule has 1 saturated heterocycles. The zero-order valence-electron chi connectivity index (χ0n) is 24.7. The first-order valence-electron chi connectivity index (χ1n) is 15.3. The summed E-state index contributed by atoms with van der Waals surface area (Å²) in [5.41, 5.74) is 3.59. The summed E-state index contributed by atoms with van der Waals surface area (Å²) in [7, 11) is 0. The molecule has 232 valence electrons. The van der Waals surface area contributed by atoms with Crippen LogP contribution in [0.15, 0.2) is 24.3 Å². The summed E-state index contributed by atoms with van der Waals surface area (Å²) in [6.45, 7) is 3.76. The van der Waals surface area contributed by atoms with Crippen LogP contribution in [0.4, 0.5) is 0 Å². The molecule has 43 heavy (non-hydrogen) atoms. The van der Waals surface area contributed by atoms with Crippen molar-refractivity contribution in [3.63, 3.8) is 0 Å². The zero-order valence-corrected chi connectivity index (χ0v) is 24.7. The fourth-order valence-electron chi connectivity index (χ4n) is 6.67. The summed E-state index contributed by atoms with van der Waals surface area (Å²) in [4.78, 5) is 40.6. The van der Waals surface area contributed by atoms with Gasteiger partial charge in [-0.25, -0.2) is 0 Å². The second kappa shape index (κ2) is 12.5. The van der Waals surface area contributed by atoms with Gasteiger partial charge in [-0.3, -0.25) is 14.4 Å². The summed E-state index contributed by atoms with van der Waals surface area (Å²) in [6.07, 6.45) is 1.49. The van der Waals surface area contributed by atoms with E-state index in [1.165, 1.54) is 12.1 Å². The van der Waals surface area contributed by atoms with Crippen LogP contribution >= 0.6 is 0 Å². The number of hydrogen-bond donors (Lipinski definition) is 5. The average Bonchev–Trinajstić information content (AvgIpc) is 2.97. The fourth-order valence-corrected chi connectivity index (χ4v) is 6.67. The van der Waals surface area contributed by atoms with Gasteiger partial charge in [0.15, 0.2) is 23.6 Å². The van der Waals surface area contributed by atoms with Crippen LogP contribution in [-0.2, 0) is 20.7 Å². The molecule has 0 saturated carbocycles. The van der Waals surface area contributed by atoms with Crippen molar-refractivity contribution in [1.29, 1.82) is 0 Å². The first-order chi connectivity index (χ1) is 20.5. The molecule has 6 unspecified atom stereocenters. The molecule has 3 aliphatic rings. The van der Waals surface area contributed by atoms with E-state index < -0.39 is 65.1 Å². The molecule has 0 amide bonds. The maximum atomic E-state index is 13.5. The largest absolute Gasteiger partial charge is 0.507 e. The summed E-state index contributed by atoms with van der Waals surface area (Å²) < 4.78 is 12.0. The van der Waals surface area contributed by atoms with Gasteiger partial charge in [-0.1, -0.05) is 63.3 Å². The molecule has 0 radical (unpaired) electrons. The summed E-state index contributed by atoms with van der Waals surface area (Å²) in [5, 5.41) is 45.1. The standard InChI is InChI=1S/C33H41NO9/c1-3-4-5-6-7-8-13-23(35)33(41)15-20-25(22(16-33)43-24-14-21(34)28(36)17(2)42-24)32(40)27-26(31(20)39)29(37)18-11-9-10-12-19(18)30(27)38/h9-12,17,21-22,24,28,36,39-41H,3-8,13-16,34H2,1-2H3. The maximum Gasteiger partial charge on any atom is 0.198 e. The Morgan fingerprint density at radius 2 is 1.63 bits per heavy atom. The number of nitrogens with two attached hydrogens (primary N) is 1. The van der Waals surface area contributed by atoms with E-state index in [2.05, 4.69) is 6.92 Å². The SMILES string of the molecule is CCCCCCCCC(=O)C1(O)Cc2c(O)c3c(c(O)c2C(OC2CC(N)C(O)C(C)O2)C1)C(=O)c1ccccc1C3=O. The highest BCUT2D eigenvalue weighted by Crippen LogP contribution is 2.52. The molecule has 1 fully saturated rings. The molecule has 1 aliphatic heterocycles. The van der Waals surface area contributed by atoms with Crippen molar-refractivity contribution in [3.8, 4) is 11.5 Å². The monoisotopic (exact) mass is 595 g/mol. The van der Waals surface area contributed by atoms with Crippen LogP contribution in [0.5, 0.6) is 11.5 Å². The number of aromatic hydroxyl groups is 2. The molecule has 1 heterocycles. The molecular weight excluding hydrogens is 554 g/mol. The van der Waals surface area contributed by atoms with Gasteiger partial charge >= 0.3 is 0 Å². The number of carbonyl (C=O) groups excluding carboxylic acids is 3. The lowest BCUT2D eigenvalue weighted by molar-refractivity contribution is -0.247. The molecule has 10 heteroatoms. The van der Waals surface area contributed by atoms with E-state index in [-0.39, 0.29) is 59.1 Å². The minimum atomic E-state index is -1.97. The lowest BCUT2D eigenvalue weighted by atomic mass is 9.71. The molecule has 2 aliphatic carbocycles. The summed E-state index contributed by atoms with van der Waals surface area (Å²) >= 11 is 0. The number of benzene rings is 2. The second-order valence-corrected chi connectivity index (χ2v) is 12.2. The van der Waals surface area contributed by atoms with Crippen LogP contribution < -0.4 is 5.73 Å². The Labute approximate surface area is 250 Å². The number of aliphatic hydroxyl groups is 2. The Bertz CT molecular complexity index is 1410. The van der Waals surface area contributed by atoms with Crippen LogP contribution in [0.25, 0.3) is 0 Å². The van der Waals surface area contributed by atoms with Crippen LogP contribution in [0.2, 0.25) is 0 Å². The van der Waals surface area contributed by atoms with Gasteiger partial charge in [0.05, 0.1) is 29.4 Å². The molecule has 0 spiro atoms. The van der Waals surface area contributed by atoms with Gasteiger partial charge in [0.2, 0.25) is 0 Å². The number of phenols is 2.